The molecule has 2 amide bonds. The van der Waals surface area contributed by atoms with Crippen LogP contribution in [0.5, 0.6) is 0 Å². The number of carbonyl (C=O) groups excluding carboxylic acids is 1. The lowest BCUT2D eigenvalue weighted by Crippen LogP contribution is -2.19. The summed E-state index contributed by atoms with van der Waals surface area (Å²) in [4.78, 5) is 7.28. The monoisotopic (exact) mass is 464 g/mol. The highest BCUT2D eigenvalue weighted by Crippen LogP contribution is 3.02. The van der Waals surface area contributed by atoms with Gasteiger partial charge < -0.3 is 10.6 Å². The van der Waals surface area contributed by atoms with Crippen LogP contribution in [0.3, 0.4) is 0 Å². The van der Waals surface area contributed by atoms with Crippen LogP contribution >= 0.6 is 20.4 Å². The lowest BCUT2D eigenvalue weighted by molar-refractivity contribution is 0.262. The molecular weight excluding hydrogens is 454 g/mol. The van der Waals surface area contributed by atoms with Crippen molar-refractivity contribution in [2.75, 3.05) is 10.6 Å². The summed E-state index contributed by atoms with van der Waals surface area (Å²) in [5.74, 6) is 0. The molecule has 0 saturated carbocycles. The van der Waals surface area contributed by atoms with Crippen LogP contribution in [0.1, 0.15) is 0 Å². The Labute approximate surface area is 151 Å². The molecule has 2 aromatic rings. The maximum absolute atomic E-state index is 12.6. The summed E-state index contributed by atoms with van der Waals surface area (Å²) in [6.07, 6.45) is 0. The van der Waals surface area contributed by atoms with Crippen molar-refractivity contribution in [1.29, 1.82) is 0 Å². The number of carbonyl (C=O) groups is 1. The van der Waals surface area contributed by atoms with E-state index in [1.165, 1.54) is 0 Å². The predicted molar refractivity (Wildman–Crippen MR) is 88.3 cm³/mol. The van der Waals surface area contributed by atoms with Crippen LogP contribution in [0.25, 0.3) is 0 Å². The van der Waals surface area contributed by atoms with Gasteiger partial charge in [-0.15, -0.1) is 0 Å². The zero-order valence-electron chi connectivity index (χ0n) is 13.1. The van der Waals surface area contributed by atoms with Gasteiger partial charge in [-0.05, 0) is 48.5 Å². The standard InChI is InChI=1S/C13H10F10N2OS2/c14-27(15,16,17,18)11-5-1-9(2-6-11)24-13(26)25-10-3-7-12(8-4-10)28(19,20,21,22)23/h1-8H,(H2,24,25,26). The van der Waals surface area contributed by atoms with Gasteiger partial charge >= 0.3 is 26.5 Å². The molecule has 3 nitrogen and oxygen atoms in total. The molecule has 0 saturated heterocycles. The zero-order chi connectivity index (χ0) is 21.8. The van der Waals surface area contributed by atoms with Gasteiger partial charge in [0.25, 0.3) is 0 Å². The smallest absolute Gasteiger partial charge is 0.308 e. The fraction of sp³-hybridized carbons (Fsp3) is 0. The molecule has 160 valence electrons. The molecule has 2 aromatic carbocycles. The van der Waals surface area contributed by atoms with Gasteiger partial charge in [0.1, 0.15) is 9.79 Å². The maximum Gasteiger partial charge on any atom is 0.323 e. The Morgan fingerprint density at radius 2 is 0.786 bits per heavy atom. The molecule has 0 aliphatic carbocycles. The molecule has 0 bridgehead atoms. The second-order valence-electron chi connectivity index (χ2n) is 5.57. The highest BCUT2D eigenvalue weighted by atomic mass is 32.5. The van der Waals surface area contributed by atoms with E-state index in [9.17, 15) is 43.7 Å². The summed E-state index contributed by atoms with van der Waals surface area (Å²) in [7, 11) is -19.8. The third kappa shape index (κ3) is 5.85. The number of anilines is 2. The van der Waals surface area contributed by atoms with Gasteiger partial charge in [-0.3, -0.25) is 0 Å². The van der Waals surface area contributed by atoms with Crippen LogP contribution in [0.15, 0.2) is 58.3 Å². The first kappa shape index (κ1) is 22.0. The summed E-state index contributed by atoms with van der Waals surface area (Å²) in [5.41, 5.74) is -0.682. The van der Waals surface area contributed by atoms with Crippen molar-refractivity contribution in [3.05, 3.63) is 48.5 Å². The number of hydrogen-bond acceptors (Lipinski definition) is 1. The summed E-state index contributed by atoms with van der Waals surface area (Å²) in [6.45, 7) is 0. The third-order valence-electron chi connectivity index (χ3n) is 3.12. The van der Waals surface area contributed by atoms with Crippen LogP contribution in [0.2, 0.25) is 0 Å². The molecule has 0 atom stereocenters. The van der Waals surface area contributed by atoms with Gasteiger partial charge in [0.15, 0.2) is 0 Å². The Balaban J connectivity index is 2.10. The molecule has 0 aliphatic heterocycles. The van der Waals surface area contributed by atoms with Gasteiger partial charge in [-0.2, -0.15) is 0 Å². The minimum absolute atomic E-state index is 0.0423. The molecule has 2 N–H and O–H groups in total. The number of hydrogen-bond donors (Lipinski definition) is 2. The van der Waals surface area contributed by atoms with Gasteiger partial charge in [-0.25, -0.2) is 4.79 Å². The van der Waals surface area contributed by atoms with Crippen LogP contribution in [0.4, 0.5) is 55.0 Å². The topological polar surface area (TPSA) is 41.1 Å². The highest BCUT2D eigenvalue weighted by molar-refractivity contribution is 8.46. The van der Waals surface area contributed by atoms with E-state index in [0.29, 0.717) is 24.3 Å². The largest absolute Gasteiger partial charge is 0.323 e. The third-order valence-corrected chi connectivity index (χ3v) is 5.44. The first-order valence-electron chi connectivity index (χ1n) is 6.80. The predicted octanol–water partition coefficient (Wildman–Crippen LogP) is 8.65. The van der Waals surface area contributed by atoms with Gasteiger partial charge in [0.05, 0.1) is 0 Å². The molecule has 0 fully saturated rings. The van der Waals surface area contributed by atoms with Gasteiger partial charge in [0.2, 0.25) is 0 Å². The summed E-state index contributed by atoms with van der Waals surface area (Å²) in [6, 6.07) is 1.13. The van der Waals surface area contributed by atoms with Crippen molar-refractivity contribution in [2.45, 2.75) is 9.79 Å². The van der Waals surface area contributed by atoms with E-state index in [4.69, 9.17) is 0 Å². The van der Waals surface area contributed by atoms with Crippen molar-refractivity contribution in [2.24, 2.45) is 0 Å². The Bertz CT molecular complexity index is 844. The SMILES string of the molecule is O=C(Nc1ccc(S(F)(F)(F)(F)F)cc1)Nc1ccc(S(F)(F)(F)(F)F)cc1. The highest BCUT2D eigenvalue weighted by Gasteiger charge is 2.66. The second-order valence-corrected chi connectivity index (χ2v) is 10.4. The fourth-order valence-corrected chi connectivity index (χ4v) is 3.19. The summed E-state index contributed by atoms with van der Waals surface area (Å²) >= 11 is 0. The average molecular weight is 464 g/mol. The lowest BCUT2D eigenvalue weighted by atomic mass is 10.3. The van der Waals surface area contributed by atoms with Gasteiger partial charge in [-0.1, -0.05) is 38.9 Å². The Hall–Kier alpha value is -2.29. The minimum atomic E-state index is -9.88. The quantitative estimate of drug-likeness (QED) is 0.437. The van der Waals surface area contributed by atoms with Crippen LogP contribution in [0, 0.1) is 0 Å². The molecule has 0 spiro atoms. The van der Waals surface area contributed by atoms with Crippen molar-refractivity contribution in [3.63, 3.8) is 0 Å². The normalized spacial score (nSPS) is 17.5. The maximum atomic E-state index is 12.6. The van der Waals surface area contributed by atoms with Crippen LogP contribution in [-0.2, 0) is 0 Å². The molecule has 0 unspecified atom stereocenters. The number of benzene rings is 2. The molecule has 28 heavy (non-hydrogen) atoms. The van der Waals surface area contributed by atoms with E-state index in [1.54, 1.807) is 0 Å². The number of halogens is 10. The minimum Gasteiger partial charge on any atom is -0.308 e. The van der Waals surface area contributed by atoms with Crippen LogP contribution < -0.4 is 10.6 Å². The van der Waals surface area contributed by atoms with Gasteiger partial charge in [0, 0.05) is 11.4 Å². The van der Waals surface area contributed by atoms with Crippen molar-refractivity contribution < 1.29 is 43.7 Å². The number of nitrogens with one attached hydrogen (secondary N) is 2. The first-order valence-corrected chi connectivity index (χ1v) is 10.7. The molecule has 0 aromatic heterocycles. The van der Waals surface area contributed by atoms with Crippen molar-refractivity contribution in [1.82, 2.24) is 0 Å². The molecule has 0 heterocycles. The van der Waals surface area contributed by atoms with E-state index in [1.807, 2.05) is 10.6 Å². The summed E-state index contributed by atoms with van der Waals surface area (Å²) < 4.78 is 126. The molecule has 0 aliphatic rings. The van der Waals surface area contributed by atoms with Crippen molar-refractivity contribution in [3.8, 4) is 0 Å². The Morgan fingerprint density at radius 3 is 1.00 bits per heavy atom. The van der Waals surface area contributed by atoms with E-state index < -0.39 is 36.3 Å². The Kier molecular flexibility index (Phi) is 3.93. The second kappa shape index (κ2) is 5.00. The Morgan fingerprint density at radius 1 is 0.536 bits per heavy atom. The first-order chi connectivity index (χ1) is 12.0. The average Bonchev–Trinajstić information content (AvgIpc) is 2.43. The van der Waals surface area contributed by atoms with E-state index in [2.05, 4.69) is 0 Å². The molecule has 2 rings (SSSR count). The van der Waals surface area contributed by atoms with E-state index >= 15 is 0 Å². The van der Waals surface area contributed by atoms with E-state index in [-0.39, 0.29) is 35.6 Å². The number of urea groups is 1. The molecule has 0 radical (unpaired) electrons. The lowest BCUT2D eigenvalue weighted by Gasteiger charge is -2.40. The van der Waals surface area contributed by atoms with E-state index in [0.717, 1.165) is 0 Å². The van der Waals surface area contributed by atoms with Crippen molar-refractivity contribution >= 4 is 37.9 Å². The number of amides is 2. The summed E-state index contributed by atoms with van der Waals surface area (Å²) in [5, 5.41) is 3.88. The number of rotatable bonds is 4. The van der Waals surface area contributed by atoms with Crippen LogP contribution in [-0.4, -0.2) is 6.03 Å². The molecule has 15 heteroatoms. The molecular formula is C13H10F10N2OS2. The zero-order valence-corrected chi connectivity index (χ0v) is 14.8. The fourth-order valence-electron chi connectivity index (χ4n) is 1.88.